The van der Waals surface area contributed by atoms with Crippen LogP contribution in [0.5, 0.6) is 0 Å². The lowest BCUT2D eigenvalue weighted by Crippen LogP contribution is -2.10. The molecule has 0 spiro atoms. The smallest absolute Gasteiger partial charge is 0.219 e. The molecule has 6 nitrogen and oxygen atoms in total. The van der Waals surface area contributed by atoms with E-state index in [2.05, 4.69) is 40.1 Å². The normalized spacial score (nSPS) is 11.3. The molecule has 0 aliphatic carbocycles. The van der Waals surface area contributed by atoms with Crippen molar-refractivity contribution in [3.8, 4) is 5.82 Å². The molecule has 0 atom stereocenters. The molecule has 0 saturated heterocycles. The quantitative estimate of drug-likeness (QED) is 0.716. The molecular formula is C13H16N6. The molecule has 19 heavy (non-hydrogen) atoms. The highest BCUT2D eigenvalue weighted by atomic mass is 15.4. The Labute approximate surface area is 111 Å². The Balaban J connectivity index is 2.28. The zero-order chi connectivity index (χ0) is 13.4. The van der Waals surface area contributed by atoms with Crippen molar-refractivity contribution in [1.29, 1.82) is 0 Å². The molecule has 0 amide bonds. The highest BCUT2D eigenvalue weighted by Gasteiger charge is 2.12. The molecule has 0 fully saturated rings. The summed E-state index contributed by atoms with van der Waals surface area (Å²) in [5.41, 5.74) is 3.16. The van der Waals surface area contributed by atoms with E-state index >= 15 is 0 Å². The van der Waals surface area contributed by atoms with Crippen LogP contribution in [0.4, 0.5) is 0 Å². The van der Waals surface area contributed by atoms with E-state index in [0.29, 0.717) is 5.78 Å². The minimum atomic E-state index is 0.602. The topological polar surface area (TPSA) is 60.9 Å². The molecule has 3 aromatic heterocycles. The first-order valence-electron chi connectivity index (χ1n) is 6.48. The Kier molecular flexibility index (Phi) is 2.77. The first-order chi connectivity index (χ1) is 9.22. The van der Waals surface area contributed by atoms with Gasteiger partial charge in [0.1, 0.15) is 6.33 Å². The van der Waals surface area contributed by atoms with E-state index < -0.39 is 0 Å². The van der Waals surface area contributed by atoms with Crippen molar-refractivity contribution < 1.29 is 0 Å². The summed E-state index contributed by atoms with van der Waals surface area (Å²) >= 11 is 0. The van der Waals surface area contributed by atoms with Gasteiger partial charge in [-0.25, -0.2) is 9.67 Å². The summed E-state index contributed by atoms with van der Waals surface area (Å²) in [7, 11) is 0. The molecular weight excluding hydrogens is 240 g/mol. The summed E-state index contributed by atoms with van der Waals surface area (Å²) in [6.45, 7) is 6.18. The van der Waals surface area contributed by atoms with Gasteiger partial charge in [-0.05, 0) is 25.8 Å². The Morgan fingerprint density at radius 1 is 1.16 bits per heavy atom. The Bertz CT molecular complexity index is 724. The van der Waals surface area contributed by atoms with Crippen molar-refractivity contribution in [2.24, 2.45) is 0 Å². The maximum Gasteiger partial charge on any atom is 0.254 e. The first kappa shape index (κ1) is 11.8. The van der Waals surface area contributed by atoms with Crippen LogP contribution < -0.4 is 0 Å². The molecule has 0 aliphatic heterocycles. The summed E-state index contributed by atoms with van der Waals surface area (Å²) in [6, 6.07) is 4.12. The van der Waals surface area contributed by atoms with Gasteiger partial charge in [-0.2, -0.15) is 19.7 Å². The second-order valence-electron chi connectivity index (χ2n) is 4.47. The predicted octanol–water partition coefficient (Wildman–Crippen LogP) is 1.74. The summed E-state index contributed by atoms with van der Waals surface area (Å²) in [4.78, 5) is 8.50. The van der Waals surface area contributed by atoms with Gasteiger partial charge < -0.3 is 0 Å². The van der Waals surface area contributed by atoms with Crippen LogP contribution in [-0.4, -0.2) is 29.4 Å². The average Bonchev–Trinajstić information content (AvgIpc) is 3.03. The van der Waals surface area contributed by atoms with Crippen molar-refractivity contribution in [3.63, 3.8) is 0 Å². The SMILES string of the molecule is CCc1cc(CC)n(-c2cc(C)nc3ncnn23)n1. The lowest BCUT2D eigenvalue weighted by atomic mass is 10.2. The summed E-state index contributed by atoms with van der Waals surface area (Å²) in [5.74, 6) is 1.49. The van der Waals surface area contributed by atoms with Crippen molar-refractivity contribution in [3.05, 3.63) is 35.5 Å². The third-order valence-electron chi connectivity index (χ3n) is 3.14. The van der Waals surface area contributed by atoms with Gasteiger partial charge in [-0.15, -0.1) is 0 Å². The van der Waals surface area contributed by atoms with Crippen LogP contribution in [0.1, 0.15) is 30.9 Å². The molecule has 0 radical (unpaired) electrons. The number of hydrogen-bond donors (Lipinski definition) is 0. The first-order valence-corrected chi connectivity index (χ1v) is 6.48. The van der Waals surface area contributed by atoms with Crippen LogP contribution in [0.2, 0.25) is 0 Å². The largest absolute Gasteiger partial charge is 0.254 e. The maximum atomic E-state index is 4.64. The highest BCUT2D eigenvalue weighted by Crippen LogP contribution is 2.15. The van der Waals surface area contributed by atoms with Crippen LogP contribution in [0, 0.1) is 6.92 Å². The van der Waals surface area contributed by atoms with Gasteiger partial charge in [0.05, 0.1) is 5.69 Å². The third-order valence-corrected chi connectivity index (χ3v) is 3.14. The van der Waals surface area contributed by atoms with Crippen molar-refractivity contribution in [2.45, 2.75) is 33.6 Å². The molecule has 0 unspecified atom stereocenters. The van der Waals surface area contributed by atoms with Crippen LogP contribution in [0.15, 0.2) is 18.5 Å². The second-order valence-corrected chi connectivity index (χ2v) is 4.47. The lowest BCUT2D eigenvalue weighted by Gasteiger charge is -2.08. The van der Waals surface area contributed by atoms with Gasteiger partial charge in [0.2, 0.25) is 0 Å². The van der Waals surface area contributed by atoms with Gasteiger partial charge in [0, 0.05) is 17.5 Å². The fraction of sp³-hybridized carbons (Fsp3) is 0.385. The molecule has 0 bridgehead atoms. The maximum absolute atomic E-state index is 4.64. The monoisotopic (exact) mass is 256 g/mol. The van der Waals surface area contributed by atoms with Crippen LogP contribution in [0.3, 0.4) is 0 Å². The van der Waals surface area contributed by atoms with E-state index in [9.17, 15) is 0 Å². The summed E-state index contributed by atoms with van der Waals surface area (Å²) in [5, 5.41) is 8.87. The fourth-order valence-corrected chi connectivity index (χ4v) is 2.16. The third kappa shape index (κ3) is 1.89. The number of hydrogen-bond acceptors (Lipinski definition) is 4. The number of aryl methyl sites for hydroxylation is 3. The number of rotatable bonds is 3. The van der Waals surface area contributed by atoms with Gasteiger partial charge in [0.15, 0.2) is 5.82 Å². The summed E-state index contributed by atoms with van der Waals surface area (Å²) in [6.07, 6.45) is 3.36. The zero-order valence-electron chi connectivity index (χ0n) is 11.3. The van der Waals surface area contributed by atoms with E-state index in [1.165, 1.54) is 12.0 Å². The predicted molar refractivity (Wildman–Crippen MR) is 71.4 cm³/mol. The van der Waals surface area contributed by atoms with Gasteiger partial charge in [0.25, 0.3) is 5.78 Å². The van der Waals surface area contributed by atoms with E-state index in [0.717, 1.165) is 30.0 Å². The van der Waals surface area contributed by atoms with Crippen LogP contribution in [-0.2, 0) is 12.8 Å². The van der Waals surface area contributed by atoms with Gasteiger partial charge >= 0.3 is 0 Å². The molecule has 0 N–H and O–H groups in total. The Morgan fingerprint density at radius 2 is 2.00 bits per heavy atom. The molecule has 98 valence electrons. The molecule has 0 aromatic carbocycles. The lowest BCUT2D eigenvalue weighted by molar-refractivity contribution is 0.731. The molecule has 3 heterocycles. The van der Waals surface area contributed by atoms with E-state index in [-0.39, 0.29) is 0 Å². The Morgan fingerprint density at radius 3 is 2.74 bits per heavy atom. The Hall–Kier alpha value is -2.24. The van der Waals surface area contributed by atoms with Crippen LogP contribution >= 0.6 is 0 Å². The minimum absolute atomic E-state index is 0.602. The minimum Gasteiger partial charge on any atom is -0.219 e. The zero-order valence-corrected chi connectivity index (χ0v) is 11.3. The molecule has 6 heteroatoms. The van der Waals surface area contributed by atoms with Crippen molar-refractivity contribution >= 4 is 5.78 Å². The van der Waals surface area contributed by atoms with E-state index in [1.807, 2.05) is 17.7 Å². The van der Waals surface area contributed by atoms with Crippen molar-refractivity contribution in [2.75, 3.05) is 0 Å². The second kappa shape index (κ2) is 4.46. The molecule has 3 rings (SSSR count). The molecule has 0 saturated carbocycles. The number of aromatic nitrogens is 6. The van der Waals surface area contributed by atoms with Crippen LogP contribution in [0.25, 0.3) is 11.6 Å². The number of fused-ring (bicyclic) bond motifs is 1. The van der Waals surface area contributed by atoms with E-state index in [4.69, 9.17) is 0 Å². The van der Waals surface area contributed by atoms with Gasteiger partial charge in [-0.3, -0.25) is 0 Å². The molecule has 3 aromatic rings. The fourth-order valence-electron chi connectivity index (χ4n) is 2.16. The van der Waals surface area contributed by atoms with E-state index in [1.54, 1.807) is 4.52 Å². The van der Waals surface area contributed by atoms with Gasteiger partial charge in [-0.1, -0.05) is 13.8 Å². The molecule has 0 aliphatic rings. The highest BCUT2D eigenvalue weighted by molar-refractivity contribution is 5.38. The average molecular weight is 256 g/mol. The van der Waals surface area contributed by atoms with Crippen molar-refractivity contribution in [1.82, 2.24) is 29.4 Å². The summed E-state index contributed by atoms with van der Waals surface area (Å²) < 4.78 is 3.66. The number of nitrogens with zero attached hydrogens (tertiary/aromatic N) is 6. The standard InChI is InChI=1S/C13H16N6/c1-4-10-7-11(5-2)18(17-10)12-6-9(3)16-13-14-8-15-19(12)13/h6-8H,4-5H2,1-3H3.